The van der Waals surface area contributed by atoms with Gasteiger partial charge in [0.2, 0.25) is 0 Å². The number of amides is 1. The van der Waals surface area contributed by atoms with Crippen LogP contribution in [0.5, 0.6) is 17.2 Å². The van der Waals surface area contributed by atoms with E-state index in [0.717, 1.165) is 43.4 Å². The molecule has 1 saturated carbocycles. The predicted molar refractivity (Wildman–Crippen MR) is 133 cm³/mol. The zero-order valence-corrected chi connectivity index (χ0v) is 20.8. The molecular weight excluding hydrogens is 446 g/mol. The third-order valence-electron chi connectivity index (χ3n) is 6.84. The summed E-state index contributed by atoms with van der Waals surface area (Å²) in [5.74, 6) is 0.177. The van der Waals surface area contributed by atoms with Crippen LogP contribution in [0.4, 0.5) is 0 Å². The zero-order chi connectivity index (χ0) is 25.1. The molecule has 7 heteroatoms. The standard InChI is InChI=1S/C28H33NO6/c1-5-15-35-21-14-13-18(16-17(21)2)25(30)23-24(20-11-8-12-22(33-3)27(20)34-4)29(28(32)26(23)31)19-9-6-7-10-19/h8,11-14,16,19,24,30H,5-7,9-10,15H2,1-4H3/b25-23-. The largest absolute Gasteiger partial charge is 0.507 e. The van der Waals surface area contributed by atoms with E-state index >= 15 is 0 Å². The number of methoxy groups -OCH3 is 2. The van der Waals surface area contributed by atoms with Crippen molar-refractivity contribution in [3.63, 3.8) is 0 Å². The van der Waals surface area contributed by atoms with Crippen molar-refractivity contribution in [1.82, 2.24) is 4.90 Å². The highest BCUT2D eigenvalue weighted by Crippen LogP contribution is 2.48. The second-order valence-electron chi connectivity index (χ2n) is 9.06. The molecule has 2 fully saturated rings. The normalized spacial score (nSPS) is 19.9. The fraction of sp³-hybridized carbons (Fsp3) is 0.429. The summed E-state index contributed by atoms with van der Waals surface area (Å²) in [5.41, 5.74) is 1.97. The van der Waals surface area contributed by atoms with Gasteiger partial charge in [0.15, 0.2) is 11.5 Å². The first-order chi connectivity index (χ1) is 16.9. The number of aryl methyl sites for hydroxylation is 1. The van der Waals surface area contributed by atoms with Gasteiger partial charge in [-0.3, -0.25) is 9.59 Å². The second-order valence-corrected chi connectivity index (χ2v) is 9.06. The van der Waals surface area contributed by atoms with Crippen LogP contribution in [-0.4, -0.2) is 48.6 Å². The molecule has 1 atom stereocenters. The number of aliphatic hydroxyl groups is 1. The van der Waals surface area contributed by atoms with E-state index in [2.05, 4.69) is 0 Å². The first kappa shape index (κ1) is 24.6. The van der Waals surface area contributed by atoms with Gasteiger partial charge in [0.25, 0.3) is 11.7 Å². The molecule has 4 rings (SSSR count). The summed E-state index contributed by atoms with van der Waals surface area (Å²) in [6, 6.07) is 9.81. The lowest BCUT2D eigenvalue weighted by Crippen LogP contribution is -2.37. The monoisotopic (exact) mass is 479 g/mol. The molecular formula is C28H33NO6. The second kappa shape index (κ2) is 10.4. The van der Waals surface area contributed by atoms with E-state index in [9.17, 15) is 14.7 Å². The summed E-state index contributed by atoms with van der Waals surface area (Å²) < 4.78 is 16.9. The van der Waals surface area contributed by atoms with Crippen LogP contribution in [0.25, 0.3) is 5.76 Å². The SMILES string of the molecule is CCCOc1ccc(/C(O)=C2/C(=O)C(=O)N(C3CCCC3)C2c2cccc(OC)c2OC)cc1C. The van der Waals surface area contributed by atoms with Gasteiger partial charge in [0.1, 0.15) is 11.5 Å². The number of aliphatic hydroxyl groups excluding tert-OH is 1. The number of carbonyl (C=O) groups excluding carboxylic acids is 2. The highest BCUT2D eigenvalue weighted by molar-refractivity contribution is 6.46. The van der Waals surface area contributed by atoms with Crippen LogP contribution in [0.1, 0.15) is 61.8 Å². The molecule has 0 bridgehead atoms. The summed E-state index contributed by atoms with van der Waals surface area (Å²) in [5, 5.41) is 11.4. The van der Waals surface area contributed by atoms with Gasteiger partial charge in [-0.05, 0) is 56.0 Å². The number of Topliss-reactive ketones (excluding diaryl/α,β-unsaturated/α-hetero) is 1. The number of likely N-dealkylation sites (tertiary alicyclic amines) is 1. The summed E-state index contributed by atoms with van der Waals surface area (Å²) >= 11 is 0. The Balaban J connectivity index is 1.89. The minimum atomic E-state index is -0.778. The average Bonchev–Trinajstić information content (AvgIpc) is 3.48. The van der Waals surface area contributed by atoms with Gasteiger partial charge in [-0.2, -0.15) is 0 Å². The van der Waals surface area contributed by atoms with Crippen LogP contribution in [0.3, 0.4) is 0 Å². The molecule has 1 heterocycles. The maximum atomic E-state index is 13.4. The maximum absolute atomic E-state index is 13.4. The van der Waals surface area contributed by atoms with Gasteiger partial charge in [0, 0.05) is 17.2 Å². The topological polar surface area (TPSA) is 85.3 Å². The molecule has 2 aromatic carbocycles. The van der Waals surface area contributed by atoms with E-state index in [4.69, 9.17) is 14.2 Å². The molecule has 2 aliphatic rings. The maximum Gasteiger partial charge on any atom is 0.295 e. The van der Waals surface area contributed by atoms with Crippen LogP contribution in [0, 0.1) is 6.92 Å². The van der Waals surface area contributed by atoms with E-state index in [1.807, 2.05) is 19.9 Å². The number of benzene rings is 2. The number of nitrogens with zero attached hydrogens (tertiary/aromatic N) is 1. The predicted octanol–water partition coefficient (Wildman–Crippen LogP) is 5.17. The number of carbonyl (C=O) groups is 2. The Bertz CT molecular complexity index is 1150. The van der Waals surface area contributed by atoms with Gasteiger partial charge < -0.3 is 24.2 Å². The smallest absolute Gasteiger partial charge is 0.295 e. The van der Waals surface area contributed by atoms with Crippen molar-refractivity contribution in [3.8, 4) is 17.2 Å². The number of rotatable bonds is 8. The number of ketones is 1. The van der Waals surface area contributed by atoms with E-state index < -0.39 is 17.7 Å². The quantitative estimate of drug-likeness (QED) is 0.320. The van der Waals surface area contributed by atoms with Gasteiger partial charge >= 0.3 is 0 Å². The van der Waals surface area contributed by atoms with Crippen molar-refractivity contribution < 1.29 is 28.9 Å². The average molecular weight is 480 g/mol. The summed E-state index contributed by atoms with van der Waals surface area (Å²) in [7, 11) is 3.07. The highest BCUT2D eigenvalue weighted by Gasteiger charge is 2.50. The van der Waals surface area contributed by atoms with Crippen molar-refractivity contribution in [3.05, 3.63) is 58.7 Å². The Morgan fingerprint density at radius 1 is 1.06 bits per heavy atom. The summed E-state index contributed by atoms with van der Waals surface area (Å²) in [6.07, 6.45) is 4.51. The van der Waals surface area contributed by atoms with Crippen molar-refractivity contribution >= 4 is 17.4 Å². The molecule has 1 unspecified atom stereocenters. The van der Waals surface area contributed by atoms with Crippen molar-refractivity contribution in [1.29, 1.82) is 0 Å². The summed E-state index contributed by atoms with van der Waals surface area (Å²) in [6.45, 7) is 4.52. The third-order valence-corrected chi connectivity index (χ3v) is 6.84. The van der Waals surface area contributed by atoms with E-state index in [1.54, 1.807) is 42.3 Å². The highest BCUT2D eigenvalue weighted by atomic mass is 16.5. The Hall–Kier alpha value is -3.48. The van der Waals surface area contributed by atoms with E-state index in [-0.39, 0.29) is 17.4 Å². The molecule has 1 aliphatic carbocycles. The molecule has 1 aliphatic heterocycles. The van der Waals surface area contributed by atoms with Crippen LogP contribution in [0.15, 0.2) is 42.0 Å². The van der Waals surface area contributed by atoms with Crippen molar-refractivity contribution in [2.24, 2.45) is 0 Å². The lowest BCUT2D eigenvalue weighted by atomic mass is 9.93. The van der Waals surface area contributed by atoms with Gasteiger partial charge in [-0.15, -0.1) is 0 Å². The van der Waals surface area contributed by atoms with Crippen LogP contribution in [-0.2, 0) is 9.59 Å². The summed E-state index contributed by atoms with van der Waals surface area (Å²) in [4.78, 5) is 28.4. The Kier molecular flexibility index (Phi) is 7.34. The molecule has 35 heavy (non-hydrogen) atoms. The van der Waals surface area contributed by atoms with Crippen LogP contribution in [0.2, 0.25) is 0 Å². The minimum absolute atomic E-state index is 0.0649. The number of para-hydroxylation sites is 1. The third kappa shape index (κ3) is 4.47. The van der Waals surface area contributed by atoms with Gasteiger partial charge in [-0.1, -0.05) is 31.9 Å². The van der Waals surface area contributed by atoms with Crippen LogP contribution >= 0.6 is 0 Å². The number of hydrogen-bond donors (Lipinski definition) is 1. The molecule has 1 amide bonds. The van der Waals surface area contributed by atoms with Crippen molar-refractivity contribution in [2.75, 3.05) is 20.8 Å². The molecule has 0 radical (unpaired) electrons. The lowest BCUT2D eigenvalue weighted by Gasteiger charge is -2.31. The molecule has 2 aromatic rings. The van der Waals surface area contributed by atoms with E-state index in [0.29, 0.717) is 29.2 Å². The Morgan fingerprint density at radius 3 is 2.43 bits per heavy atom. The minimum Gasteiger partial charge on any atom is -0.507 e. The molecule has 0 spiro atoms. The van der Waals surface area contributed by atoms with Crippen LogP contribution < -0.4 is 14.2 Å². The number of hydrogen-bond acceptors (Lipinski definition) is 6. The van der Waals surface area contributed by atoms with Gasteiger partial charge in [0.05, 0.1) is 32.4 Å². The molecule has 1 N–H and O–H groups in total. The Morgan fingerprint density at radius 2 is 1.80 bits per heavy atom. The van der Waals surface area contributed by atoms with E-state index in [1.165, 1.54) is 7.11 Å². The first-order valence-electron chi connectivity index (χ1n) is 12.2. The van der Waals surface area contributed by atoms with Gasteiger partial charge in [-0.25, -0.2) is 0 Å². The number of ether oxygens (including phenoxy) is 3. The fourth-order valence-corrected chi connectivity index (χ4v) is 5.17. The first-order valence-corrected chi connectivity index (χ1v) is 12.2. The fourth-order valence-electron chi connectivity index (χ4n) is 5.17. The van der Waals surface area contributed by atoms with Crippen molar-refractivity contribution in [2.45, 2.75) is 58.0 Å². The zero-order valence-electron chi connectivity index (χ0n) is 20.8. The lowest BCUT2D eigenvalue weighted by molar-refractivity contribution is -0.141. The molecule has 7 nitrogen and oxygen atoms in total. The molecule has 0 aromatic heterocycles. The Labute approximate surface area is 206 Å². The molecule has 186 valence electrons. The molecule has 1 saturated heterocycles.